The van der Waals surface area contributed by atoms with Crippen molar-refractivity contribution in [1.29, 1.82) is 0 Å². The van der Waals surface area contributed by atoms with Crippen LogP contribution in [0.1, 0.15) is 45.1 Å². The van der Waals surface area contributed by atoms with Crippen LogP contribution in [-0.4, -0.2) is 15.3 Å². The first kappa shape index (κ1) is 14.3. The minimum Gasteiger partial charge on any atom is -0.307 e. The van der Waals surface area contributed by atoms with Crippen LogP contribution in [0.15, 0.2) is 42.7 Å². The molecule has 0 spiro atoms. The maximum atomic E-state index is 4.25. The summed E-state index contributed by atoms with van der Waals surface area (Å²) in [5, 5.41) is 8.02. The lowest BCUT2D eigenvalue weighted by Gasteiger charge is -2.37. The van der Waals surface area contributed by atoms with E-state index in [4.69, 9.17) is 0 Å². The molecule has 3 nitrogen and oxygen atoms in total. The highest BCUT2D eigenvalue weighted by Gasteiger charge is 2.28. The minimum atomic E-state index is 0.313. The third kappa shape index (κ3) is 3.53. The van der Waals surface area contributed by atoms with E-state index in [2.05, 4.69) is 48.5 Å². The average Bonchev–Trinajstić information content (AvgIpc) is 3.04. The van der Waals surface area contributed by atoms with Crippen LogP contribution in [0.2, 0.25) is 0 Å². The van der Waals surface area contributed by atoms with Gasteiger partial charge in [0, 0.05) is 24.5 Å². The summed E-state index contributed by atoms with van der Waals surface area (Å²) in [4.78, 5) is 0. The van der Waals surface area contributed by atoms with E-state index < -0.39 is 0 Å². The number of benzene rings is 1. The second-order valence-electron chi connectivity index (χ2n) is 6.71. The molecule has 1 aromatic carbocycles. The minimum absolute atomic E-state index is 0.313. The Morgan fingerprint density at radius 1 is 1.24 bits per heavy atom. The quantitative estimate of drug-likeness (QED) is 0.921. The Morgan fingerprint density at radius 3 is 2.57 bits per heavy atom. The molecule has 0 bridgehead atoms. The fraction of sp³-hybridized carbons (Fsp3) is 0.500. The zero-order valence-corrected chi connectivity index (χ0v) is 13.0. The molecule has 0 radical (unpaired) electrons. The van der Waals surface area contributed by atoms with Gasteiger partial charge in [0.2, 0.25) is 0 Å². The topological polar surface area (TPSA) is 29.9 Å². The smallest absolute Gasteiger partial charge is 0.0645 e. The summed E-state index contributed by atoms with van der Waals surface area (Å²) >= 11 is 0. The Balaban J connectivity index is 1.58. The second kappa shape index (κ2) is 6.02. The Labute approximate surface area is 127 Å². The molecule has 112 valence electrons. The van der Waals surface area contributed by atoms with Gasteiger partial charge in [-0.25, -0.2) is 4.68 Å². The Kier molecular flexibility index (Phi) is 4.11. The molecule has 0 amide bonds. The van der Waals surface area contributed by atoms with E-state index in [1.165, 1.54) is 31.2 Å². The molecule has 1 fully saturated rings. The van der Waals surface area contributed by atoms with E-state index in [1.54, 1.807) is 6.20 Å². The highest BCUT2D eigenvalue weighted by Crippen LogP contribution is 2.31. The molecule has 1 aliphatic carbocycles. The van der Waals surface area contributed by atoms with Gasteiger partial charge in [0.25, 0.3) is 0 Å². The summed E-state index contributed by atoms with van der Waals surface area (Å²) in [5.74, 6) is 0.897. The second-order valence-corrected chi connectivity index (χ2v) is 6.71. The molecule has 21 heavy (non-hydrogen) atoms. The van der Waals surface area contributed by atoms with Gasteiger partial charge in [-0.2, -0.15) is 5.10 Å². The van der Waals surface area contributed by atoms with Gasteiger partial charge < -0.3 is 5.32 Å². The molecule has 3 heteroatoms. The molecule has 1 aliphatic rings. The standard InChI is InChI=1S/C18H25N3/c1-15-8-10-18(2,11-9-15)19-14-16-4-6-17(7-5-16)21-13-3-12-20-21/h3-7,12-13,15,19H,8-11,14H2,1-2H3. The van der Waals surface area contributed by atoms with E-state index in [0.717, 1.165) is 18.2 Å². The van der Waals surface area contributed by atoms with Crippen molar-refractivity contribution in [2.45, 2.75) is 51.6 Å². The van der Waals surface area contributed by atoms with Gasteiger partial charge in [0.05, 0.1) is 5.69 Å². The van der Waals surface area contributed by atoms with Crippen LogP contribution in [0.3, 0.4) is 0 Å². The molecule has 3 rings (SSSR count). The van der Waals surface area contributed by atoms with Gasteiger partial charge in [0.1, 0.15) is 0 Å². The molecule has 2 aromatic rings. The van der Waals surface area contributed by atoms with E-state index in [0.29, 0.717) is 5.54 Å². The normalized spacial score (nSPS) is 25.9. The Bertz CT molecular complexity index is 549. The van der Waals surface area contributed by atoms with Crippen LogP contribution >= 0.6 is 0 Å². The van der Waals surface area contributed by atoms with Gasteiger partial charge in [-0.3, -0.25) is 0 Å². The predicted octanol–water partition coefficient (Wildman–Crippen LogP) is 3.93. The highest BCUT2D eigenvalue weighted by molar-refractivity contribution is 5.33. The molecule has 0 saturated heterocycles. The summed E-state index contributed by atoms with van der Waals surface area (Å²) < 4.78 is 1.89. The summed E-state index contributed by atoms with van der Waals surface area (Å²) in [6.45, 7) is 5.69. The van der Waals surface area contributed by atoms with Crippen LogP contribution in [0.25, 0.3) is 5.69 Å². The van der Waals surface area contributed by atoms with Crippen molar-refractivity contribution in [3.8, 4) is 5.69 Å². The Hall–Kier alpha value is -1.61. The highest BCUT2D eigenvalue weighted by atomic mass is 15.3. The van der Waals surface area contributed by atoms with Gasteiger partial charge in [0.15, 0.2) is 0 Å². The van der Waals surface area contributed by atoms with Crippen molar-refractivity contribution in [3.05, 3.63) is 48.3 Å². The van der Waals surface area contributed by atoms with Crippen LogP contribution in [0.5, 0.6) is 0 Å². The fourth-order valence-corrected chi connectivity index (χ4v) is 3.08. The lowest BCUT2D eigenvalue weighted by molar-refractivity contribution is 0.212. The summed E-state index contributed by atoms with van der Waals surface area (Å²) in [6, 6.07) is 10.6. The molecule has 1 aromatic heterocycles. The molecular weight excluding hydrogens is 258 g/mol. The lowest BCUT2D eigenvalue weighted by atomic mass is 9.78. The van der Waals surface area contributed by atoms with E-state index >= 15 is 0 Å². The zero-order chi connectivity index (χ0) is 14.7. The average molecular weight is 283 g/mol. The third-order valence-corrected chi connectivity index (χ3v) is 4.80. The van der Waals surface area contributed by atoms with E-state index in [1.807, 2.05) is 16.9 Å². The summed E-state index contributed by atoms with van der Waals surface area (Å²) in [6.07, 6.45) is 9.06. The first-order valence-electron chi connectivity index (χ1n) is 7.99. The maximum absolute atomic E-state index is 4.25. The Morgan fingerprint density at radius 2 is 1.95 bits per heavy atom. The van der Waals surface area contributed by atoms with Gasteiger partial charge in [-0.15, -0.1) is 0 Å². The van der Waals surface area contributed by atoms with Crippen LogP contribution < -0.4 is 5.32 Å². The van der Waals surface area contributed by atoms with Gasteiger partial charge >= 0.3 is 0 Å². The summed E-state index contributed by atoms with van der Waals surface area (Å²) in [5.41, 5.74) is 2.76. The number of nitrogens with one attached hydrogen (secondary N) is 1. The van der Waals surface area contributed by atoms with Gasteiger partial charge in [-0.1, -0.05) is 19.1 Å². The fourth-order valence-electron chi connectivity index (χ4n) is 3.08. The molecule has 1 N–H and O–H groups in total. The molecule has 1 heterocycles. The van der Waals surface area contributed by atoms with Crippen molar-refractivity contribution in [2.24, 2.45) is 5.92 Å². The van der Waals surface area contributed by atoms with Crippen LogP contribution in [-0.2, 0) is 6.54 Å². The van der Waals surface area contributed by atoms with Crippen molar-refractivity contribution in [3.63, 3.8) is 0 Å². The summed E-state index contributed by atoms with van der Waals surface area (Å²) in [7, 11) is 0. The molecule has 0 unspecified atom stereocenters. The molecule has 0 atom stereocenters. The predicted molar refractivity (Wildman–Crippen MR) is 86.4 cm³/mol. The zero-order valence-electron chi connectivity index (χ0n) is 13.0. The van der Waals surface area contributed by atoms with Gasteiger partial charge in [-0.05, 0) is 62.3 Å². The van der Waals surface area contributed by atoms with Crippen molar-refractivity contribution >= 4 is 0 Å². The van der Waals surface area contributed by atoms with Crippen molar-refractivity contribution in [2.75, 3.05) is 0 Å². The lowest BCUT2D eigenvalue weighted by Crippen LogP contribution is -2.44. The SMILES string of the molecule is CC1CCC(C)(NCc2ccc(-n3cccn3)cc2)CC1. The van der Waals surface area contributed by atoms with Crippen LogP contribution in [0.4, 0.5) is 0 Å². The number of nitrogens with zero attached hydrogens (tertiary/aromatic N) is 2. The first-order valence-corrected chi connectivity index (χ1v) is 7.99. The van der Waals surface area contributed by atoms with E-state index in [9.17, 15) is 0 Å². The largest absolute Gasteiger partial charge is 0.307 e. The maximum Gasteiger partial charge on any atom is 0.0645 e. The number of hydrogen-bond donors (Lipinski definition) is 1. The number of hydrogen-bond acceptors (Lipinski definition) is 2. The molecular formula is C18H25N3. The van der Waals surface area contributed by atoms with Crippen LogP contribution in [0, 0.1) is 5.92 Å². The number of rotatable bonds is 4. The molecule has 1 saturated carbocycles. The number of aromatic nitrogens is 2. The van der Waals surface area contributed by atoms with E-state index in [-0.39, 0.29) is 0 Å². The molecule has 0 aliphatic heterocycles. The van der Waals surface area contributed by atoms with Crippen molar-refractivity contribution < 1.29 is 0 Å². The monoisotopic (exact) mass is 283 g/mol. The third-order valence-electron chi connectivity index (χ3n) is 4.80. The first-order chi connectivity index (χ1) is 10.1. The van der Waals surface area contributed by atoms with Crippen molar-refractivity contribution in [1.82, 2.24) is 15.1 Å².